The maximum Gasteiger partial charge on any atom is 0.407 e. The highest BCUT2D eigenvalue weighted by molar-refractivity contribution is 5.68. The van der Waals surface area contributed by atoms with Gasteiger partial charge in [-0.25, -0.2) is 9.59 Å². The first kappa shape index (κ1) is 39.2. The van der Waals surface area contributed by atoms with Crippen LogP contribution in [0.3, 0.4) is 0 Å². The number of aliphatic hydroxyl groups excluding tert-OH is 3. The van der Waals surface area contributed by atoms with Crippen LogP contribution in [0.4, 0.5) is 9.59 Å². The molecule has 2 aromatic carbocycles. The topological polar surface area (TPSA) is 172 Å². The molecule has 0 spiro atoms. The van der Waals surface area contributed by atoms with E-state index in [0.29, 0.717) is 17.7 Å². The first-order valence-electron chi connectivity index (χ1n) is 16.5. The molecule has 1 aromatic heterocycles. The van der Waals surface area contributed by atoms with E-state index in [2.05, 4.69) is 20.9 Å². The maximum atomic E-state index is 12.7. The lowest BCUT2D eigenvalue weighted by Gasteiger charge is -2.29. The van der Waals surface area contributed by atoms with Gasteiger partial charge in [-0.15, -0.1) is 0 Å². The van der Waals surface area contributed by atoms with Crippen LogP contribution in [0.1, 0.15) is 64.3 Å². The molecule has 2 amide bonds. The molecule has 6 N–H and O–H groups in total. The summed E-state index contributed by atoms with van der Waals surface area (Å²) in [5.74, 6) is 0.546. The minimum atomic E-state index is -1.07. The fourth-order valence-corrected chi connectivity index (χ4v) is 4.84. The van der Waals surface area contributed by atoms with E-state index >= 15 is 0 Å². The minimum Gasteiger partial charge on any atom is -0.491 e. The van der Waals surface area contributed by atoms with Gasteiger partial charge in [0, 0.05) is 31.0 Å². The van der Waals surface area contributed by atoms with Crippen molar-refractivity contribution in [2.45, 2.75) is 96.0 Å². The van der Waals surface area contributed by atoms with Gasteiger partial charge in [0.25, 0.3) is 0 Å². The number of ether oxygens (including phenoxy) is 3. The summed E-state index contributed by atoms with van der Waals surface area (Å²) < 4.78 is 16.6. The number of carbonyl (C=O) groups is 2. The van der Waals surface area contributed by atoms with Crippen LogP contribution in [-0.2, 0) is 22.3 Å². The standard InChI is InChI=1S/C37H52N4O8/c1-36(2,3)48-34(45)40-29(19-25-11-8-7-9-12-25)31(42)22-39-23-32(43)30(41-35(46)49-37(4,5)6)20-26-14-16-28(17-15-26)47-24-33(44)27-13-10-18-38-21-27/h7-18,21,29-33,39,42-44H,19-20,22-24H2,1-6H3,(H,40,45)(H,41,46)/t29-,30+,31-,32?,33?/m0/s1. The zero-order chi connectivity index (χ0) is 36.0. The molecule has 2 unspecified atom stereocenters. The van der Waals surface area contributed by atoms with E-state index in [1.54, 1.807) is 78.2 Å². The van der Waals surface area contributed by atoms with E-state index in [9.17, 15) is 24.9 Å². The van der Waals surface area contributed by atoms with Gasteiger partial charge in [0.05, 0.1) is 24.3 Å². The maximum absolute atomic E-state index is 12.7. The molecule has 49 heavy (non-hydrogen) atoms. The molecule has 5 atom stereocenters. The van der Waals surface area contributed by atoms with Crippen molar-refractivity contribution in [2.75, 3.05) is 19.7 Å². The molecule has 3 aromatic rings. The van der Waals surface area contributed by atoms with Crippen LogP contribution in [-0.4, -0.2) is 87.7 Å². The number of hydrogen-bond donors (Lipinski definition) is 6. The van der Waals surface area contributed by atoms with Gasteiger partial charge in [-0.1, -0.05) is 48.5 Å². The van der Waals surface area contributed by atoms with Crippen molar-refractivity contribution in [3.05, 3.63) is 95.8 Å². The monoisotopic (exact) mass is 680 g/mol. The van der Waals surface area contributed by atoms with Crippen LogP contribution in [0, 0.1) is 0 Å². The number of benzene rings is 2. The van der Waals surface area contributed by atoms with E-state index < -0.39 is 53.8 Å². The van der Waals surface area contributed by atoms with Crippen LogP contribution < -0.4 is 20.7 Å². The molecule has 12 heteroatoms. The molecular formula is C37H52N4O8. The molecule has 268 valence electrons. The summed E-state index contributed by atoms with van der Waals surface area (Å²) in [6, 6.07) is 18.7. The SMILES string of the molecule is CC(C)(C)OC(=O)N[C@@H](Cc1ccccc1)[C@@H](O)CNCC(O)[C@@H](Cc1ccc(OCC(O)c2cccnc2)cc1)NC(=O)OC(C)(C)C. The predicted molar refractivity (Wildman–Crippen MR) is 186 cm³/mol. The van der Waals surface area contributed by atoms with Crippen LogP contribution >= 0.6 is 0 Å². The smallest absolute Gasteiger partial charge is 0.407 e. The van der Waals surface area contributed by atoms with E-state index in [0.717, 1.165) is 11.1 Å². The van der Waals surface area contributed by atoms with Crippen molar-refractivity contribution in [2.24, 2.45) is 0 Å². The lowest BCUT2D eigenvalue weighted by atomic mass is 10.00. The molecule has 0 bridgehead atoms. The number of aromatic nitrogens is 1. The molecule has 0 fully saturated rings. The number of nitrogens with zero attached hydrogens (tertiary/aromatic N) is 1. The van der Waals surface area contributed by atoms with Crippen molar-refractivity contribution < 1.29 is 39.1 Å². The minimum absolute atomic E-state index is 0.0233. The van der Waals surface area contributed by atoms with Crippen LogP contribution in [0.25, 0.3) is 0 Å². The highest BCUT2D eigenvalue weighted by atomic mass is 16.6. The lowest BCUT2D eigenvalue weighted by Crippen LogP contribution is -2.53. The Bertz CT molecular complexity index is 1410. The Labute approximate surface area is 289 Å². The average Bonchev–Trinajstić information content (AvgIpc) is 3.02. The quantitative estimate of drug-likeness (QED) is 0.130. The number of pyridine rings is 1. The zero-order valence-corrected chi connectivity index (χ0v) is 29.3. The largest absolute Gasteiger partial charge is 0.491 e. The third-order valence-corrected chi connectivity index (χ3v) is 7.19. The van der Waals surface area contributed by atoms with Gasteiger partial charge in [0.2, 0.25) is 0 Å². The summed E-state index contributed by atoms with van der Waals surface area (Å²) in [5, 5.41) is 41.3. The fourth-order valence-electron chi connectivity index (χ4n) is 4.84. The number of aliphatic hydroxyl groups is 3. The van der Waals surface area contributed by atoms with Gasteiger partial charge in [-0.3, -0.25) is 4.98 Å². The van der Waals surface area contributed by atoms with E-state index in [-0.39, 0.29) is 26.1 Å². The molecule has 0 saturated carbocycles. The van der Waals surface area contributed by atoms with Gasteiger partial charge in [0.15, 0.2) is 0 Å². The fraction of sp³-hybridized carbons (Fsp3) is 0.486. The third-order valence-electron chi connectivity index (χ3n) is 7.19. The van der Waals surface area contributed by atoms with Crippen molar-refractivity contribution >= 4 is 12.2 Å². The zero-order valence-electron chi connectivity index (χ0n) is 29.3. The molecule has 0 aliphatic carbocycles. The summed E-state index contributed by atoms with van der Waals surface area (Å²) in [6.45, 7) is 10.7. The normalized spacial score (nSPS) is 14.9. The van der Waals surface area contributed by atoms with Crippen LogP contribution in [0.2, 0.25) is 0 Å². The van der Waals surface area contributed by atoms with E-state index in [1.165, 1.54) is 0 Å². The van der Waals surface area contributed by atoms with Crippen molar-refractivity contribution in [3.8, 4) is 5.75 Å². The van der Waals surface area contributed by atoms with Gasteiger partial charge in [-0.05, 0) is 83.7 Å². The number of hydrogen-bond acceptors (Lipinski definition) is 10. The summed E-state index contributed by atoms with van der Waals surface area (Å²) in [5.41, 5.74) is 0.934. The number of rotatable bonds is 16. The molecular weight excluding hydrogens is 628 g/mol. The summed E-state index contributed by atoms with van der Waals surface area (Å²) in [6.07, 6.45) is -0.417. The van der Waals surface area contributed by atoms with Gasteiger partial charge in [-0.2, -0.15) is 0 Å². The number of carbonyl (C=O) groups excluding carboxylic acids is 2. The average molecular weight is 681 g/mol. The molecule has 0 aliphatic rings. The second kappa shape index (κ2) is 18.5. The molecule has 3 rings (SSSR count). The first-order valence-corrected chi connectivity index (χ1v) is 16.5. The molecule has 12 nitrogen and oxygen atoms in total. The predicted octanol–water partition coefficient (Wildman–Crippen LogP) is 4.08. The molecule has 0 radical (unpaired) electrons. The van der Waals surface area contributed by atoms with Crippen molar-refractivity contribution in [1.82, 2.24) is 20.9 Å². The van der Waals surface area contributed by atoms with E-state index in [1.807, 2.05) is 42.5 Å². The second-order valence-corrected chi connectivity index (χ2v) is 13.9. The van der Waals surface area contributed by atoms with Crippen LogP contribution in [0.5, 0.6) is 5.75 Å². The van der Waals surface area contributed by atoms with Crippen molar-refractivity contribution in [3.63, 3.8) is 0 Å². The Morgan fingerprint density at radius 1 is 0.714 bits per heavy atom. The Hall–Kier alpha value is -4.23. The number of amides is 2. The Morgan fingerprint density at radius 2 is 1.22 bits per heavy atom. The van der Waals surface area contributed by atoms with Gasteiger partial charge >= 0.3 is 12.2 Å². The summed E-state index contributed by atoms with van der Waals surface area (Å²) in [7, 11) is 0. The van der Waals surface area contributed by atoms with Crippen LogP contribution in [0.15, 0.2) is 79.1 Å². The first-order chi connectivity index (χ1) is 23.1. The summed E-state index contributed by atoms with van der Waals surface area (Å²) in [4.78, 5) is 29.3. The number of nitrogens with one attached hydrogen (secondary N) is 3. The highest BCUT2D eigenvalue weighted by Gasteiger charge is 2.28. The second-order valence-electron chi connectivity index (χ2n) is 13.9. The highest BCUT2D eigenvalue weighted by Crippen LogP contribution is 2.18. The van der Waals surface area contributed by atoms with Gasteiger partial charge < -0.3 is 45.5 Å². The Kier molecular flexibility index (Phi) is 14.8. The van der Waals surface area contributed by atoms with Gasteiger partial charge in [0.1, 0.15) is 29.7 Å². The molecule has 1 heterocycles. The summed E-state index contributed by atoms with van der Waals surface area (Å²) >= 11 is 0. The van der Waals surface area contributed by atoms with Crippen molar-refractivity contribution in [1.29, 1.82) is 0 Å². The molecule has 0 aliphatic heterocycles. The van der Waals surface area contributed by atoms with E-state index in [4.69, 9.17) is 14.2 Å². The molecule has 0 saturated heterocycles. The Morgan fingerprint density at radius 3 is 1.69 bits per heavy atom. The lowest BCUT2D eigenvalue weighted by molar-refractivity contribution is 0.0399. The Balaban J connectivity index is 1.62. The number of alkyl carbamates (subject to hydrolysis) is 2. The third kappa shape index (κ3) is 15.2.